The number of carboxylic acids is 1. The predicted octanol–water partition coefficient (Wildman–Crippen LogP) is 7.01. The van der Waals surface area contributed by atoms with Gasteiger partial charge in [0.15, 0.2) is 5.69 Å². The van der Waals surface area contributed by atoms with Crippen LogP contribution in [0.4, 0.5) is 45.5 Å². The van der Waals surface area contributed by atoms with Gasteiger partial charge in [0.05, 0.1) is 49.6 Å². The lowest BCUT2D eigenvalue weighted by atomic mass is 10.0. The third-order valence-electron chi connectivity index (χ3n) is 10.3. The van der Waals surface area contributed by atoms with Crippen molar-refractivity contribution in [2.45, 2.75) is 19.6 Å². The van der Waals surface area contributed by atoms with Crippen LogP contribution in [0.15, 0.2) is 194 Å². The van der Waals surface area contributed by atoms with Crippen molar-refractivity contribution in [2.75, 3.05) is 0 Å². The fourth-order valence-electron chi connectivity index (χ4n) is 6.73. The van der Waals surface area contributed by atoms with Gasteiger partial charge < -0.3 is 20.1 Å². The van der Waals surface area contributed by atoms with E-state index in [1.807, 2.05) is 0 Å². The van der Waals surface area contributed by atoms with Crippen LogP contribution in [0.3, 0.4) is 0 Å². The Labute approximate surface area is 483 Å². The molecule has 0 unspecified atom stereocenters. The topological polar surface area (TPSA) is 558 Å². The first-order valence-electron chi connectivity index (χ1n) is 22.0. The number of aromatic nitrogens is 4. The molecule has 0 bridgehead atoms. The van der Waals surface area contributed by atoms with Crippen LogP contribution >= 0.6 is 0 Å². The van der Waals surface area contributed by atoms with E-state index in [-0.39, 0.29) is 63.1 Å². The number of azo groups is 4. The Bertz CT molecular complexity index is 4760. The monoisotopic (exact) mass is 1300 g/mol. The van der Waals surface area contributed by atoms with Gasteiger partial charge in [-0.3, -0.25) is 23.0 Å². The molecule has 0 radical (unpaired) electrons. The molecule has 0 aliphatic heterocycles. The molecule has 86 heavy (non-hydrogen) atoms. The second-order valence-electron chi connectivity index (χ2n) is 15.8. The van der Waals surface area contributed by atoms with Crippen LogP contribution in [0.5, 0.6) is 17.6 Å². The number of aromatic hydroxyl groups is 2. The molecule has 6 aromatic carbocycles. The highest BCUT2D eigenvalue weighted by molar-refractivity contribution is 7.86. The van der Waals surface area contributed by atoms with Crippen LogP contribution in [0.1, 0.15) is 10.5 Å². The van der Waals surface area contributed by atoms with E-state index in [2.05, 4.69) is 51.1 Å². The van der Waals surface area contributed by atoms with E-state index < -0.39 is 122 Å². The number of carbonyl (C=O) groups is 2. The Hall–Kier alpha value is -10.4. The summed E-state index contributed by atoms with van der Waals surface area (Å²) in [6.07, 6.45) is 0. The van der Waals surface area contributed by atoms with E-state index in [0.717, 1.165) is 59.3 Å². The standard InChI is InChI=1S/C44H30N12O18S4.2O3S/c57-23-74-41-40(43(59)56(54-41)31-13-17-33(18-14-31)76(65,66)67)52-47-27-7-5-26(6-8-27)46-48-28-9-19-34(36(21-28)77(68,69)70)24-1-3-25(4-2-24)45-49-29-10-20-35(37(22-29)78(71,72)73)50-51-38-39(44(60)61)53-55(42(38)58)30-11-15-32(16-12-30)75(62,63)64;2*1-4(2)3/h1-23,58-59H,(H,60,61)(H,62,63,64)(H,65,66,67)(H,68,69,70)(H,71,72,73);;. The predicted molar refractivity (Wildman–Crippen MR) is 284 cm³/mol. The van der Waals surface area contributed by atoms with E-state index in [1.165, 1.54) is 78.9 Å². The van der Waals surface area contributed by atoms with Crippen LogP contribution in [0.25, 0.3) is 22.5 Å². The fourth-order valence-corrected chi connectivity index (χ4v) is 9.06. The molecule has 2 aromatic heterocycles. The van der Waals surface area contributed by atoms with Crippen molar-refractivity contribution in [3.8, 4) is 40.1 Å². The minimum Gasteiger partial charge on any atom is -0.492 e. The maximum atomic E-state index is 12.6. The van der Waals surface area contributed by atoms with E-state index >= 15 is 0 Å². The van der Waals surface area contributed by atoms with Gasteiger partial charge in [-0.25, -0.2) is 4.79 Å². The zero-order valence-corrected chi connectivity index (χ0v) is 46.6. The molecule has 0 aliphatic rings. The summed E-state index contributed by atoms with van der Waals surface area (Å²) < 4.78 is 191. The van der Waals surface area contributed by atoms with Crippen LogP contribution in [0.2, 0.25) is 0 Å². The van der Waals surface area contributed by atoms with Gasteiger partial charge in [-0.1, -0.05) is 18.2 Å². The molecule has 0 saturated carbocycles. The summed E-state index contributed by atoms with van der Waals surface area (Å²) in [6, 6.07) is 26.9. The SMILES string of the molecule is O=COc1nn(-c2ccc(S(=O)(=O)O)cc2)c(O)c1N=Nc1ccc(N=Nc2ccc(-c3ccc(N=Nc4ccc(N=Nc5c(C(=O)O)nn(-c6ccc(S(=O)(=O)O)cc6)c5O)c(S(=O)(=O)O)c4)cc3)c(S(=O)(=O)O)c2)cc1.O=S(=O)=O.O=S(=O)=O. The fraction of sp³-hybridized carbons (Fsp3) is 0. The molecule has 0 fully saturated rings. The normalized spacial score (nSPS) is 12.0. The molecule has 2 heterocycles. The van der Waals surface area contributed by atoms with Crippen molar-refractivity contribution < 1.29 is 107 Å². The molecule has 42 heteroatoms. The van der Waals surface area contributed by atoms with E-state index in [1.54, 1.807) is 0 Å². The highest BCUT2D eigenvalue weighted by Gasteiger charge is 2.26. The lowest BCUT2D eigenvalue weighted by Crippen LogP contribution is -2.02. The first kappa shape index (κ1) is 64.7. The van der Waals surface area contributed by atoms with Crippen LogP contribution in [0, 0.1) is 0 Å². The van der Waals surface area contributed by atoms with Crippen molar-refractivity contribution in [1.29, 1.82) is 0 Å². The molecule has 7 N–H and O–H groups in total. The zero-order valence-electron chi connectivity index (χ0n) is 41.7. The van der Waals surface area contributed by atoms with Gasteiger partial charge in [0.1, 0.15) is 15.5 Å². The van der Waals surface area contributed by atoms with Crippen molar-refractivity contribution in [1.82, 2.24) is 19.6 Å². The van der Waals surface area contributed by atoms with Gasteiger partial charge in [-0.05, 0) is 121 Å². The number of aromatic carboxylic acids is 1. The maximum absolute atomic E-state index is 12.6. The van der Waals surface area contributed by atoms with Crippen LogP contribution in [-0.2, 0) is 66.5 Å². The van der Waals surface area contributed by atoms with Gasteiger partial charge in [0.2, 0.25) is 23.1 Å². The average Bonchev–Trinajstić information content (AvgIpc) is 1.82. The van der Waals surface area contributed by atoms with Gasteiger partial charge in [0.25, 0.3) is 52.8 Å². The summed E-state index contributed by atoms with van der Waals surface area (Å²) in [5, 5.41) is 70.4. The minimum atomic E-state index is -5.08. The molecule has 0 atom stereocenters. The van der Waals surface area contributed by atoms with Gasteiger partial charge >= 0.3 is 27.2 Å². The Morgan fingerprint density at radius 1 is 0.465 bits per heavy atom. The third-order valence-corrected chi connectivity index (χ3v) is 13.9. The number of hydrogen-bond acceptors (Lipinski definition) is 29. The van der Waals surface area contributed by atoms with Crippen molar-refractivity contribution in [3.63, 3.8) is 0 Å². The van der Waals surface area contributed by atoms with Crippen LogP contribution in [-0.4, -0.2) is 124 Å². The second-order valence-corrected chi connectivity index (χ2v) is 22.3. The third kappa shape index (κ3) is 17.1. The van der Waals surface area contributed by atoms with Gasteiger partial charge in [-0.15, -0.1) is 45.7 Å². The summed E-state index contributed by atoms with van der Waals surface area (Å²) >= 11 is 0. The molecule has 446 valence electrons. The highest BCUT2D eigenvalue weighted by Crippen LogP contribution is 2.41. The number of rotatable bonds is 18. The Kier molecular flexibility index (Phi) is 20.2. The zero-order chi connectivity index (χ0) is 63.5. The lowest BCUT2D eigenvalue weighted by molar-refractivity contribution is -0.120. The molecule has 0 amide bonds. The average molecular weight is 1300 g/mol. The molecule has 0 spiro atoms. The van der Waals surface area contributed by atoms with Crippen LogP contribution < -0.4 is 4.74 Å². The quantitative estimate of drug-likeness (QED) is 0.0258. The number of carboxylic acid groups (broad SMARTS) is 1. The van der Waals surface area contributed by atoms with E-state index in [4.69, 9.17) is 30.0 Å². The Morgan fingerprint density at radius 3 is 1.27 bits per heavy atom. The number of hydrogen-bond donors (Lipinski definition) is 7. The number of ether oxygens (including phenoxy) is 1. The van der Waals surface area contributed by atoms with E-state index in [9.17, 15) is 76.8 Å². The van der Waals surface area contributed by atoms with Gasteiger partial charge in [0, 0.05) is 5.56 Å². The first-order valence-corrected chi connectivity index (χ1v) is 29.8. The molecule has 8 aromatic rings. The summed E-state index contributed by atoms with van der Waals surface area (Å²) in [7, 11) is -25.3. The lowest BCUT2D eigenvalue weighted by Gasteiger charge is -2.08. The van der Waals surface area contributed by atoms with Crippen molar-refractivity contribution in [2.24, 2.45) is 40.9 Å². The number of carbonyl (C=O) groups excluding carboxylic acids is 1. The summed E-state index contributed by atoms with van der Waals surface area (Å²) in [5.41, 5.74) is -1.79. The molecular formula is C44H30N12O24S6. The van der Waals surface area contributed by atoms with Crippen molar-refractivity contribution >= 4 is 120 Å². The van der Waals surface area contributed by atoms with Crippen molar-refractivity contribution in [3.05, 3.63) is 139 Å². The minimum absolute atomic E-state index is 0.00336. The smallest absolute Gasteiger partial charge is 0.425 e. The molecule has 36 nitrogen and oxygen atoms in total. The van der Waals surface area contributed by atoms with Gasteiger partial charge in [-0.2, -0.15) is 73.7 Å². The summed E-state index contributed by atoms with van der Waals surface area (Å²) in [6.45, 7) is 0.0266. The van der Waals surface area contributed by atoms with E-state index in [0.29, 0.717) is 4.68 Å². The summed E-state index contributed by atoms with van der Waals surface area (Å²) in [4.78, 5) is 20.7. The second kappa shape index (κ2) is 26.9. The summed E-state index contributed by atoms with van der Waals surface area (Å²) in [5.74, 6) is -3.73. The first-order chi connectivity index (χ1) is 40.2. The Balaban J connectivity index is 0.00000139. The molecule has 0 aliphatic carbocycles. The highest BCUT2D eigenvalue weighted by atomic mass is 32.2. The number of benzene rings is 6. The number of nitrogens with zero attached hydrogens (tertiary/aromatic N) is 12. The largest absolute Gasteiger partial charge is 0.492 e. The maximum Gasteiger partial charge on any atom is 0.425 e. The molecule has 8 rings (SSSR count). The molecule has 0 saturated heterocycles. The Morgan fingerprint density at radius 2 is 0.837 bits per heavy atom. The molecular weight excluding hydrogens is 1270 g/mol.